The standard InChI is InChI=1S/C21H26N6O3S2/c1-14-8-26(9-15(2)30-14)10-16-11-31-20(23-16)24-19(28)12-32-21-25-22-13-27(21)17-4-6-18(29-3)7-5-17/h4-7,11,13-15H,8-10,12H2,1-3H3,(H,23,24,28). The second kappa shape index (κ2) is 10.4. The fourth-order valence-electron chi connectivity index (χ4n) is 3.61. The molecule has 11 heteroatoms. The summed E-state index contributed by atoms with van der Waals surface area (Å²) in [6, 6.07) is 7.57. The van der Waals surface area contributed by atoms with Crippen LogP contribution in [0.25, 0.3) is 5.69 Å². The van der Waals surface area contributed by atoms with Gasteiger partial charge in [-0.25, -0.2) is 4.98 Å². The summed E-state index contributed by atoms with van der Waals surface area (Å²) in [5.41, 5.74) is 1.86. The van der Waals surface area contributed by atoms with Crippen molar-refractivity contribution < 1.29 is 14.3 Å². The number of amides is 1. The van der Waals surface area contributed by atoms with E-state index < -0.39 is 0 Å². The van der Waals surface area contributed by atoms with E-state index in [2.05, 4.69) is 39.2 Å². The summed E-state index contributed by atoms with van der Waals surface area (Å²) in [6.45, 7) is 6.69. The molecule has 2 atom stereocenters. The largest absolute Gasteiger partial charge is 0.497 e. The highest BCUT2D eigenvalue weighted by atomic mass is 32.2. The van der Waals surface area contributed by atoms with Crippen LogP contribution in [0.4, 0.5) is 5.13 Å². The molecule has 9 nitrogen and oxygen atoms in total. The molecule has 1 fully saturated rings. The van der Waals surface area contributed by atoms with Gasteiger partial charge < -0.3 is 14.8 Å². The maximum Gasteiger partial charge on any atom is 0.236 e. The van der Waals surface area contributed by atoms with Gasteiger partial charge in [0.2, 0.25) is 5.91 Å². The number of benzene rings is 1. The van der Waals surface area contributed by atoms with Crippen LogP contribution in [-0.2, 0) is 16.1 Å². The Morgan fingerprint density at radius 1 is 1.28 bits per heavy atom. The number of nitrogens with zero attached hydrogens (tertiary/aromatic N) is 5. The Kier molecular flexibility index (Phi) is 7.40. The lowest BCUT2D eigenvalue weighted by Gasteiger charge is -2.34. The first-order valence-corrected chi connectivity index (χ1v) is 12.2. The average molecular weight is 475 g/mol. The van der Waals surface area contributed by atoms with Gasteiger partial charge in [-0.3, -0.25) is 14.3 Å². The van der Waals surface area contributed by atoms with Gasteiger partial charge in [-0.05, 0) is 38.1 Å². The Hall–Kier alpha value is -2.47. The van der Waals surface area contributed by atoms with Gasteiger partial charge in [0, 0.05) is 30.7 Å². The highest BCUT2D eigenvalue weighted by Gasteiger charge is 2.23. The molecule has 3 aromatic rings. The van der Waals surface area contributed by atoms with Crippen molar-refractivity contribution in [2.45, 2.75) is 37.8 Å². The molecule has 1 aromatic carbocycles. The molecule has 0 bridgehead atoms. The molecule has 1 amide bonds. The summed E-state index contributed by atoms with van der Waals surface area (Å²) in [5, 5.41) is 14.2. The third kappa shape index (κ3) is 5.85. The number of nitrogens with one attached hydrogen (secondary N) is 1. The van der Waals surface area contributed by atoms with Crippen molar-refractivity contribution in [3.05, 3.63) is 41.7 Å². The van der Waals surface area contributed by atoms with E-state index in [1.807, 2.05) is 34.2 Å². The molecule has 1 aliphatic rings. The molecule has 1 aliphatic heterocycles. The summed E-state index contributed by atoms with van der Waals surface area (Å²) in [4.78, 5) is 19.4. The summed E-state index contributed by atoms with van der Waals surface area (Å²) in [6.07, 6.45) is 2.06. The first-order valence-electron chi connectivity index (χ1n) is 10.3. The second-order valence-corrected chi connectivity index (χ2v) is 9.41. The molecule has 32 heavy (non-hydrogen) atoms. The molecule has 0 saturated carbocycles. The minimum atomic E-state index is -0.131. The van der Waals surface area contributed by atoms with Gasteiger partial charge in [0.1, 0.15) is 12.1 Å². The van der Waals surface area contributed by atoms with Gasteiger partial charge in [-0.15, -0.1) is 21.5 Å². The number of morpholine rings is 1. The summed E-state index contributed by atoms with van der Waals surface area (Å²) in [7, 11) is 1.63. The smallest absolute Gasteiger partial charge is 0.236 e. The van der Waals surface area contributed by atoms with Crippen LogP contribution in [0.1, 0.15) is 19.5 Å². The van der Waals surface area contributed by atoms with Gasteiger partial charge >= 0.3 is 0 Å². The molecule has 0 aliphatic carbocycles. The molecule has 1 saturated heterocycles. The lowest BCUT2D eigenvalue weighted by atomic mass is 10.2. The summed E-state index contributed by atoms with van der Waals surface area (Å²) >= 11 is 2.76. The van der Waals surface area contributed by atoms with Crippen molar-refractivity contribution in [1.29, 1.82) is 0 Å². The van der Waals surface area contributed by atoms with Crippen molar-refractivity contribution >= 4 is 34.1 Å². The number of anilines is 1. The van der Waals surface area contributed by atoms with Crippen LogP contribution < -0.4 is 10.1 Å². The molecule has 0 spiro atoms. The second-order valence-electron chi connectivity index (χ2n) is 7.61. The number of thiazole rings is 1. The zero-order valence-electron chi connectivity index (χ0n) is 18.2. The van der Waals surface area contributed by atoms with Gasteiger partial charge in [-0.2, -0.15) is 0 Å². The fourth-order valence-corrected chi connectivity index (χ4v) is 5.05. The molecule has 4 rings (SSSR count). The number of methoxy groups -OCH3 is 1. The van der Waals surface area contributed by atoms with Crippen molar-refractivity contribution in [2.75, 3.05) is 31.3 Å². The zero-order chi connectivity index (χ0) is 22.5. The third-order valence-corrected chi connectivity index (χ3v) is 6.63. The van der Waals surface area contributed by atoms with E-state index in [0.29, 0.717) is 10.3 Å². The van der Waals surface area contributed by atoms with E-state index in [1.165, 1.54) is 23.1 Å². The number of rotatable bonds is 8. The normalized spacial score (nSPS) is 19.1. The third-order valence-electron chi connectivity index (χ3n) is 4.88. The van der Waals surface area contributed by atoms with E-state index >= 15 is 0 Å². The van der Waals surface area contributed by atoms with E-state index in [-0.39, 0.29) is 23.9 Å². The Balaban J connectivity index is 1.29. The molecule has 1 N–H and O–H groups in total. The molecular formula is C21H26N6O3S2. The predicted octanol–water partition coefficient (Wildman–Crippen LogP) is 3.07. The number of ether oxygens (including phenoxy) is 2. The van der Waals surface area contributed by atoms with E-state index in [9.17, 15) is 4.79 Å². The van der Waals surface area contributed by atoms with Gasteiger partial charge in [-0.1, -0.05) is 11.8 Å². The number of hydrogen-bond acceptors (Lipinski definition) is 9. The highest BCUT2D eigenvalue weighted by molar-refractivity contribution is 7.99. The Morgan fingerprint density at radius 2 is 2.03 bits per heavy atom. The quantitative estimate of drug-likeness (QED) is 0.498. The van der Waals surface area contributed by atoms with Crippen LogP contribution in [0.3, 0.4) is 0 Å². The minimum Gasteiger partial charge on any atom is -0.497 e. The van der Waals surface area contributed by atoms with Gasteiger partial charge in [0.25, 0.3) is 0 Å². The molecule has 170 valence electrons. The topological polar surface area (TPSA) is 94.4 Å². The summed E-state index contributed by atoms with van der Waals surface area (Å²) in [5.74, 6) is 0.854. The van der Waals surface area contributed by atoms with Crippen LogP contribution in [0.5, 0.6) is 5.75 Å². The zero-order valence-corrected chi connectivity index (χ0v) is 19.9. The fraction of sp³-hybridized carbons (Fsp3) is 0.429. The van der Waals surface area contributed by atoms with E-state index in [1.54, 1.807) is 13.4 Å². The first kappa shape index (κ1) is 22.7. The molecule has 3 heterocycles. The lowest BCUT2D eigenvalue weighted by molar-refractivity contribution is -0.113. The monoisotopic (exact) mass is 474 g/mol. The lowest BCUT2D eigenvalue weighted by Crippen LogP contribution is -2.44. The van der Waals surface area contributed by atoms with Crippen LogP contribution >= 0.6 is 23.1 Å². The van der Waals surface area contributed by atoms with Crippen LogP contribution in [0, 0.1) is 0 Å². The molecule has 2 aromatic heterocycles. The number of carbonyl (C=O) groups is 1. The van der Waals surface area contributed by atoms with Crippen LogP contribution in [0.2, 0.25) is 0 Å². The van der Waals surface area contributed by atoms with Crippen molar-refractivity contribution in [3.63, 3.8) is 0 Å². The maximum atomic E-state index is 12.5. The SMILES string of the molecule is COc1ccc(-n2cnnc2SCC(=O)Nc2nc(CN3CC(C)OC(C)C3)cs2)cc1. The van der Waals surface area contributed by atoms with Crippen LogP contribution in [0.15, 0.2) is 41.1 Å². The van der Waals surface area contributed by atoms with Crippen molar-refractivity contribution in [3.8, 4) is 11.4 Å². The van der Waals surface area contributed by atoms with Gasteiger partial charge in [0.15, 0.2) is 10.3 Å². The number of hydrogen-bond donors (Lipinski definition) is 1. The van der Waals surface area contributed by atoms with E-state index in [4.69, 9.17) is 9.47 Å². The van der Waals surface area contributed by atoms with Crippen LogP contribution in [-0.4, -0.2) is 68.7 Å². The number of carbonyl (C=O) groups excluding carboxylic acids is 1. The Labute approximate surface area is 195 Å². The maximum absolute atomic E-state index is 12.5. The van der Waals surface area contributed by atoms with Crippen molar-refractivity contribution in [1.82, 2.24) is 24.6 Å². The number of aromatic nitrogens is 4. The molecule has 0 radical (unpaired) electrons. The van der Waals surface area contributed by atoms with E-state index in [0.717, 1.165) is 36.8 Å². The Morgan fingerprint density at radius 3 is 2.75 bits per heavy atom. The first-order chi connectivity index (χ1) is 15.5. The Bertz CT molecular complexity index is 1030. The minimum absolute atomic E-state index is 0.131. The molecular weight excluding hydrogens is 448 g/mol. The van der Waals surface area contributed by atoms with Gasteiger partial charge in [0.05, 0.1) is 30.8 Å². The molecule has 2 unspecified atom stereocenters. The number of thioether (sulfide) groups is 1. The summed E-state index contributed by atoms with van der Waals surface area (Å²) < 4.78 is 12.8. The predicted molar refractivity (Wildman–Crippen MR) is 125 cm³/mol. The highest BCUT2D eigenvalue weighted by Crippen LogP contribution is 2.23. The average Bonchev–Trinajstić information content (AvgIpc) is 3.41. The van der Waals surface area contributed by atoms with Crippen molar-refractivity contribution in [2.24, 2.45) is 0 Å².